The van der Waals surface area contributed by atoms with Crippen molar-refractivity contribution in [2.45, 2.75) is 16.6 Å². The topological polar surface area (TPSA) is 84.9 Å². The Hall–Kier alpha value is -2.74. The molecule has 1 heterocycles. The minimum atomic E-state index is -3.46. The van der Waals surface area contributed by atoms with Gasteiger partial charge in [-0.3, -0.25) is 0 Å². The van der Waals surface area contributed by atoms with Crippen LogP contribution in [0.4, 0.5) is 10.5 Å². The monoisotopic (exact) mass is 390 g/mol. The standard InChI is InChI=1S/C19H22N2O5S/c1-25-17-9-8-14(12-18(17)26-2)20-19(22)21-11-10-16(13-21)27(23,24)15-6-4-3-5-7-15/h3-9,12,16H,10-11,13H2,1-2H3,(H,20,22). The Morgan fingerprint density at radius 1 is 1.07 bits per heavy atom. The molecule has 27 heavy (non-hydrogen) atoms. The van der Waals surface area contributed by atoms with E-state index in [-0.39, 0.29) is 17.5 Å². The number of anilines is 1. The van der Waals surface area contributed by atoms with Gasteiger partial charge in [0.1, 0.15) is 0 Å². The predicted molar refractivity (Wildman–Crippen MR) is 102 cm³/mol. The van der Waals surface area contributed by atoms with Crippen LogP contribution in [0.1, 0.15) is 6.42 Å². The van der Waals surface area contributed by atoms with Gasteiger partial charge in [0.05, 0.1) is 24.4 Å². The van der Waals surface area contributed by atoms with Crippen LogP contribution in [0.3, 0.4) is 0 Å². The highest BCUT2D eigenvalue weighted by Gasteiger charge is 2.36. The number of hydrogen-bond donors (Lipinski definition) is 1. The maximum atomic E-state index is 12.7. The van der Waals surface area contributed by atoms with E-state index in [1.807, 2.05) is 0 Å². The molecular formula is C19H22N2O5S. The highest BCUT2D eigenvalue weighted by Crippen LogP contribution is 2.30. The van der Waals surface area contributed by atoms with E-state index in [1.165, 1.54) is 19.1 Å². The van der Waals surface area contributed by atoms with Gasteiger partial charge in [0.2, 0.25) is 0 Å². The summed E-state index contributed by atoms with van der Waals surface area (Å²) in [6.07, 6.45) is 0.413. The molecule has 144 valence electrons. The van der Waals surface area contributed by atoms with Crippen molar-refractivity contribution in [1.29, 1.82) is 0 Å². The summed E-state index contributed by atoms with van der Waals surface area (Å²) in [5.41, 5.74) is 0.548. The van der Waals surface area contributed by atoms with E-state index in [1.54, 1.807) is 48.5 Å². The molecule has 1 fully saturated rings. The molecule has 1 atom stereocenters. The van der Waals surface area contributed by atoms with Crippen molar-refractivity contribution >= 4 is 21.6 Å². The molecule has 1 saturated heterocycles. The number of rotatable bonds is 5. The number of methoxy groups -OCH3 is 2. The predicted octanol–water partition coefficient (Wildman–Crippen LogP) is 2.78. The Kier molecular flexibility index (Phi) is 5.55. The third-order valence-electron chi connectivity index (χ3n) is 4.58. The summed E-state index contributed by atoms with van der Waals surface area (Å²) < 4.78 is 35.9. The van der Waals surface area contributed by atoms with Gasteiger partial charge < -0.3 is 19.7 Å². The van der Waals surface area contributed by atoms with E-state index in [0.717, 1.165) is 0 Å². The van der Waals surface area contributed by atoms with E-state index in [9.17, 15) is 13.2 Å². The first kappa shape index (κ1) is 19.0. The van der Waals surface area contributed by atoms with Crippen molar-refractivity contribution in [3.8, 4) is 11.5 Å². The van der Waals surface area contributed by atoms with Gasteiger partial charge in [-0.1, -0.05) is 18.2 Å². The van der Waals surface area contributed by atoms with Gasteiger partial charge in [-0.25, -0.2) is 13.2 Å². The molecule has 1 aliphatic heterocycles. The zero-order valence-electron chi connectivity index (χ0n) is 15.2. The number of amides is 2. The molecule has 2 aromatic rings. The summed E-state index contributed by atoms with van der Waals surface area (Å²) in [4.78, 5) is 14.3. The summed E-state index contributed by atoms with van der Waals surface area (Å²) >= 11 is 0. The molecule has 8 heteroatoms. The average molecular weight is 390 g/mol. The van der Waals surface area contributed by atoms with Crippen LogP contribution in [0.2, 0.25) is 0 Å². The Labute approximate surface area is 158 Å². The minimum Gasteiger partial charge on any atom is -0.493 e. The summed E-state index contributed by atoms with van der Waals surface area (Å²) in [5, 5.41) is 2.18. The molecule has 3 rings (SSSR count). The number of hydrogen-bond acceptors (Lipinski definition) is 5. The third kappa shape index (κ3) is 4.00. The van der Waals surface area contributed by atoms with Crippen molar-refractivity contribution in [1.82, 2.24) is 4.90 Å². The van der Waals surface area contributed by atoms with Crippen LogP contribution in [0.15, 0.2) is 53.4 Å². The molecule has 1 N–H and O–H groups in total. The largest absolute Gasteiger partial charge is 0.493 e. The van der Waals surface area contributed by atoms with Crippen molar-refractivity contribution in [3.63, 3.8) is 0 Å². The normalized spacial score (nSPS) is 16.8. The number of urea groups is 1. The van der Waals surface area contributed by atoms with Crippen molar-refractivity contribution < 1.29 is 22.7 Å². The van der Waals surface area contributed by atoms with Crippen LogP contribution >= 0.6 is 0 Å². The van der Waals surface area contributed by atoms with Gasteiger partial charge >= 0.3 is 6.03 Å². The van der Waals surface area contributed by atoms with E-state index < -0.39 is 15.1 Å². The number of benzene rings is 2. The number of ether oxygens (including phenoxy) is 2. The Balaban J connectivity index is 1.68. The molecule has 0 aromatic heterocycles. The summed E-state index contributed by atoms with van der Waals surface area (Å²) in [6.45, 7) is 0.548. The molecular weight excluding hydrogens is 368 g/mol. The number of carbonyl (C=O) groups excluding carboxylic acids is 1. The molecule has 0 radical (unpaired) electrons. The van der Waals surface area contributed by atoms with E-state index in [4.69, 9.17) is 9.47 Å². The number of likely N-dealkylation sites (tertiary alicyclic amines) is 1. The van der Waals surface area contributed by atoms with E-state index in [0.29, 0.717) is 30.2 Å². The Morgan fingerprint density at radius 3 is 2.44 bits per heavy atom. The SMILES string of the molecule is COc1ccc(NC(=O)N2CCC(S(=O)(=O)c3ccccc3)C2)cc1OC. The quantitative estimate of drug-likeness (QED) is 0.849. The fraction of sp³-hybridized carbons (Fsp3) is 0.316. The first-order valence-corrected chi connectivity index (χ1v) is 10.1. The van der Waals surface area contributed by atoms with Gasteiger partial charge in [-0.05, 0) is 30.7 Å². The number of nitrogens with zero attached hydrogens (tertiary/aromatic N) is 1. The second-order valence-electron chi connectivity index (χ2n) is 6.21. The van der Waals surface area contributed by atoms with Gasteiger partial charge in [-0.2, -0.15) is 0 Å². The third-order valence-corrected chi connectivity index (χ3v) is 6.77. The summed E-state index contributed by atoms with van der Waals surface area (Å²) in [5.74, 6) is 1.06. The van der Waals surface area contributed by atoms with Gasteiger partial charge in [0.25, 0.3) is 0 Å². The van der Waals surface area contributed by atoms with E-state index >= 15 is 0 Å². The van der Waals surface area contributed by atoms with Crippen LogP contribution in [0, 0.1) is 0 Å². The van der Waals surface area contributed by atoms with Crippen LogP contribution < -0.4 is 14.8 Å². The van der Waals surface area contributed by atoms with Gasteiger partial charge in [-0.15, -0.1) is 0 Å². The highest BCUT2D eigenvalue weighted by molar-refractivity contribution is 7.92. The van der Waals surface area contributed by atoms with Crippen LogP contribution in [0.5, 0.6) is 11.5 Å². The molecule has 7 nitrogen and oxygen atoms in total. The fourth-order valence-corrected chi connectivity index (χ4v) is 4.80. The van der Waals surface area contributed by atoms with Crippen molar-refractivity contribution in [2.24, 2.45) is 0 Å². The highest BCUT2D eigenvalue weighted by atomic mass is 32.2. The Bertz CT molecular complexity index is 915. The van der Waals surface area contributed by atoms with E-state index in [2.05, 4.69) is 5.32 Å². The lowest BCUT2D eigenvalue weighted by Gasteiger charge is -2.18. The maximum Gasteiger partial charge on any atom is 0.321 e. The molecule has 0 bridgehead atoms. The van der Waals surface area contributed by atoms with Crippen LogP contribution in [0.25, 0.3) is 0 Å². The lowest BCUT2D eigenvalue weighted by molar-refractivity contribution is 0.222. The second-order valence-corrected chi connectivity index (χ2v) is 8.44. The molecule has 0 saturated carbocycles. The summed E-state index contributed by atoms with van der Waals surface area (Å²) in [6, 6.07) is 13.1. The molecule has 1 aliphatic rings. The maximum absolute atomic E-state index is 12.7. The minimum absolute atomic E-state index is 0.163. The molecule has 2 aromatic carbocycles. The lowest BCUT2D eigenvalue weighted by Crippen LogP contribution is -2.35. The smallest absolute Gasteiger partial charge is 0.321 e. The van der Waals surface area contributed by atoms with Crippen LogP contribution in [-0.2, 0) is 9.84 Å². The van der Waals surface area contributed by atoms with Crippen molar-refractivity contribution in [3.05, 3.63) is 48.5 Å². The van der Waals surface area contributed by atoms with Gasteiger partial charge in [0, 0.05) is 24.8 Å². The molecule has 2 amide bonds. The molecule has 0 spiro atoms. The number of carbonyl (C=O) groups is 1. The molecule has 0 aliphatic carbocycles. The Morgan fingerprint density at radius 2 is 1.78 bits per heavy atom. The zero-order valence-corrected chi connectivity index (χ0v) is 16.0. The number of sulfone groups is 1. The zero-order chi connectivity index (χ0) is 19.4. The lowest BCUT2D eigenvalue weighted by atomic mass is 10.3. The molecule has 1 unspecified atom stereocenters. The average Bonchev–Trinajstić information content (AvgIpc) is 3.20. The number of nitrogens with one attached hydrogen (secondary N) is 1. The first-order chi connectivity index (χ1) is 13.0. The fourth-order valence-electron chi connectivity index (χ4n) is 3.09. The van der Waals surface area contributed by atoms with Gasteiger partial charge in [0.15, 0.2) is 21.3 Å². The first-order valence-electron chi connectivity index (χ1n) is 8.52. The summed E-state index contributed by atoms with van der Waals surface area (Å²) in [7, 11) is -0.404. The van der Waals surface area contributed by atoms with Crippen LogP contribution in [-0.4, -0.2) is 51.9 Å². The van der Waals surface area contributed by atoms with Crippen molar-refractivity contribution in [2.75, 3.05) is 32.6 Å². The second kappa shape index (κ2) is 7.87.